The van der Waals surface area contributed by atoms with E-state index in [0.29, 0.717) is 5.69 Å². The van der Waals surface area contributed by atoms with Crippen LogP contribution in [0.25, 0.3) is 0 Å². The van der Waals surface area contributed by atoms with E-state index in [0.717, 1.165) is 0 Å². The van der Waals surface area contributed by atoms with Crippen LogP contribution in [0.2, 0.25) is 0 Å². The Bertz CT molecular complexity index is 569. The Labute approximate surface area is 116 Å². The van der Waals surface area contributed by atoms with Gasteiger partial charge in [-0.15, -0.1) is 0 Å². The zero-order valence-corrected chi connectivity index (χ0v) is 11.5. The van der Waals surface area contributed by atoms with Gasteiger partial charge in [0.1, 0.15) is 0 Å². The van der Waals surface area contributed by atoms with E-state index in [4.69, 9.17) is 5.73 Å². The first-order chi connectivity index (χ1) is 8.85. The number of hydrogen-bond donors (Lipinski definition) is 4. The standard InChI is InChI=1S/C10H13N3O4S2/c11-7-1-3-8(4-2-7)19(16,17)13-9(14)5-12-10(15)6-18/h1-4,18H,5-6,11H2,(H,12,15)(H,13,14). The van der Waals surface area contributed by atoms with Crippen molar-refractivity contribution in [2.24, 2.45) is 0 Å². The van der Waals surface area contributed by atoms with Gasteiger partial charge in [-0.25, -0.2) is 13.1 Å². The second kappa shape index (κ2) is 6.43. The van der Waals surface area contributed by atoms with Crippen molar-refractivity contribution in [3.8, 4) is 0 Å². The van der Waals surface area contributed by atoms with Crippen LogP contribution in [-0.4, -0.2) is 32.5 Å². The molecule has 0 unspecified atom stereocenters. The summed E-state index contributed by atoms with van der Waals surface area (Å²) in [6, 6.07) is 5.36. The number of nitrogens with one attached hydrogen (secondary N) is 2. The summed E-state index contributed by atoms with van der Waals surface area (Å²) in [6.07, 6.45) is 0. The maximum atomic E-state index is 11.8. The minimum atomic E-state index is -3.96. The Kier molecular flexibility index (Phi) is 5.19. The molecule has 7 nitrogen and oxygen atoms in total. The van der Waals surface area contributed by atoms with Crippen molar-refractivity contribution < 1.29 is 18.0 Å². The molecule has 1 aromatic rings. The third-order valence-corrected chi connectivity index (χ3v) is 3.70. The highest BCUT2D eigenvalue weighted by Gasteiger charge is 2.17. The smallest absolute Gasteiger partial charge is 0.264 e. The van der Waals surface area contributed by atoms with Gasteiger partial charge in [-0.05, 0) is 24.3 Å². The van der Waals surface area contributed by atoms with E-state index < -0.39 is 28.4 Å². The molecule has 1 aromatic carbocycles. The molecule has 0 aliphatic heterocycles. The van der Waals surface area contributed by atoms with Crippen LogP contribution in [0.1, 0.15) is 0 Å². The van der Waals surface area contributed by atoms with Gasteiger partial charge < -0.3 is 11.1 Å². The molecule has 0 saturated carbocycles. The molecule has 0 heterocycles. The van der Waals surface area contributed by atoms with Crippen LogP contribution in [0.15, 0.2) is 29.2 Å². The normalized spacial score (nSPS) is 10.8. The summed E-state index contributed by atoms with van der Waals surface area (Å²) in [5.41, 5.74) is 5.84. The van der Waals surface area contributed by atoms with Crippen molar-refractivity contribution in [2.75, 3.05) is 18.0 Å². The number of carbonyl (C=O) groups is 2. The largest absolute Gasteiger partial charge is 0.399 e. The average Bonchev–Trinajstić information content (AvgIpc) is 2.36. The van der Waals surface area contributed by atoms with Gasteiger partial charge in [-0.1, -0.05) is 0 Å². The number of hydrogen-bond acceptors (Lipinski definition) is 6. The van der Waals surface area contributed by atoms with Gasteiger partial charge in [0, 0.05) is 5.69 Å². The van der Waals surface area contributed by atoms with E-state index in [1.54, 1.807) is 0 Å². The number of anilines is 1. The quantitative estimate of drug-likeness (QED) is 0.416. The monoisotopic (exact) mass is 303 g/mol. The predicted octanol–water partition coefficient (Wildman–Crippen LogP) is -0.880. The Morgan fingerprint density at radius 2 is 1.74 bits per heavy atom. The summed E-state index contributed by atoms with van der Waals surface area (Å²) in [5, 5.41) is 2.20. The fourth-order valence-corrected chi connectivity index (χ4v) is 2.22. The summed E-state index contributed by atoms with van der Waals surface area (Å²) in [6.45, 7) is -0.437. The van der Waals surface area contributed by atoms with Gasteiger partial charge in [0.25, 0.3) is 15.9 Å². The van der Waals surface area contributed by atoms with Crippen LogP contribution >= 0.6 is 12.6 Å². The lowest BCUT2D eigenvalue weighted by molar-refractivity contribution is -0.123. The highest BCUT2D eigenvalue weighted by Crippen LogP contribution is 2.10. The van der Waals surface area contributed by atoms with Crippen molar-refractivity contribution in [1.82, 2.24) is 10.0 Å². The first-order valence-corrected chi connectivity index (χ1v) is 7.25. The van der Waals surface area contributed by atoms with Crippen molar-refractivity contribution in [1.29, 1.82) is 0 Å². The minimum Gasteiger partial charge on any atom is -0.399 e. The molecule has 4 N–H and O–H groups in total. The number of nitrogens with two attached hydrogens (primary N) is 1. The molecule has 0 aliphatic carbocycles. The molecule has 104 valence electrons. The first kappa shape index (κ1) is 15.3. The topological polar surface area (TPSA) is 118 Å². The van der Waals surface area contributed by atoms with Gasteiger partial charge >= 0.3 is 0 Å². The Morgan fingerprint density at radius 1 is 1.16 bits per heavy atom. The molecule has 0 fully saturated rings. The second-order valence-corrected chi connectivity index (χ2v) is 5.53. The van der Waals surface area contributed by atoms with Crippen molar-refractivity contribution in [3.05, 3.63) is 24.3 Å². The molecule has 9 heteroatoms. The van der Waals surface area contributed by atoms with E-state index in [2.05, 4.69) is 17.9 Å². The van der Waals surface area contributed by atoms with Crippen molar-refractivity contribution >= 4 is 40.2 Å². The summed E-state index contributed by atoms with van der Waals surface area (Å²) in [7, 11) is -3.96. The van der Waals surface area contributed by atoms with E-state index in [9.17, 15) is 18.0 Å². The maximum absolute atomic E-state index is 11.8. The zero-order chi connectivity index (χ0) is 14.5. The molecule has 0 bridgehead atoms. The fraction of sp³-hybridized carbons (Fsp3) is 0.200. The predicted molar refractivity (Wildman–Crippen MR) is 73.0 cm³/mol. The third kappa shape index (κ3) is 4.79. The van der Waals surface area contributed by atoms with Gasteiger partial charge in [0.15, 0.2) is 0 Å². The summed E-state index contributed by atoms with van der Waals surface area (Å²) in [5.74, 6) is -1.40. The number of thiol groups is 1. The molecule has 0 saturated heterocycles. The van der Waals surface area contributed by atoms with E-state index >= 15 is 0 Å². The molecule has 0 aromatic heterocycles. The summed E-state index contributed by atoms with van der Waals surface area (Å²) < 4.78 is 25.4. The molecule has 0 spiro atoms. The molecule has 0 aliphatic rings. The van der Waals surface area contributed by atoms with Gasteiger partial charge in [0.05, 0.1) is 17.2 Å². The third-order valence-electron chi connectivity index (χ3n) is 2.03. The molecular formula is C10H13N3O4S2. The van der Waals surface area contributed by atoms with Crippen LogP contribution in [0, 0.1) is 0 Å². The van der Waals surface area contributed by atoms with E-state index in [1.165, 1.54) is 24.3 Å². The molecule has 19 heavy (non-hydrogen) atoms. The molecule has 1 rings (SSSR count). The van der Waals surface area contributed by atoms with Crippen molar-refractivity contribution in [2.45, 2.75) is 4.90 Å². The molecule has 0 radical (unpaired) electrons. The lowest BCUT2D eigenvalue weighted by Crippen LogP contribution is -2.40. The second-order valence-electron chi connectivity index (χ2n) is 3.53. The molecular weight excluding hydrogens is 290 g/mol. The molecule has 0 atom stereocenters. The van der Waals surface area contributed by atoms with Gasteiger partial charge in [0.2, 0.25) is 5.91 Å². The maximum Gasteiger partial charge on any atom is 0.264 e. The lowest BCUT2D eigenvalue weighted by atomic mass is 10.3. The average molecular weight is 303 g/mol. The zero-order valence-electron chi connectivity index (χ0n) is 9.79. The number of sulfonamides is 1. The molecule has 2 amide bonds. The van der Waals surface area contributed by atoms with Gasteiger partial charge in [-0.3, -0.25) is 9.59 Å². The van der Waals surface area contributed by atoms with Crippen LogP contribution in [0.3, 0.4) is 0 Å². The van der Waals surface area contributed by atoms with Crippen LogP contribution in [-0.2, 0) is 19.6 Å². The van der Waals surface area contributed by atoms with Crippen molar-refractivity contribution in [3.63, 3.8) is 0 Å². The SMILES string of the molecule is Nc1ccc(S(=O)(=O)NC(=O)CNC(=O)CS)cc1. The fourth-order valence-electron chi connectivity index (χ4n) is 1.13. The Balaban J connectivity index is 2.67. The highest BCUT2D eigenvalue weighted by atomic mass is 32.2. The van der Waals surface area contributed by atoms with E-state index in [1.807, 2.05) is 4.72 Å². The number of amides is 2. The minimum absolute atomic E-state index is 0.0853. The summed E-state index contributed by atoms with van der Waals surface area (Å²) in [4.78, 5) is 22.1. The lowest BCUT2D eigenvalue weighted by Gasteiger charge is -2.07. The number of benzene rings is 1. The summed E-state index contributed by atoms with van der Waals surface area (Å²) >= 11 is 3.70. The number of rotatable bonds is 5. The van der Waals surface area contributed by atoms with Gasteiger partial charge in [-0.2, -0.15) is 12.6 Å². The Hall–Kier alpha value is -1.74. The van der Waals surface area contributed by atoms with E-state index in [-0.39, 0.29) is 10.6 Å². The van der Waals surface area contributed by atoms with Crippen LogP contribution in [0.5, 0.6) is 0 Å². The van der Waals surface area contributed by atoms with Crippen LogP contribution < -0.4 is 15.8 Å². The highest BCUT2D eigenvalue weighted by molar-refractivity contribution is 7.90. The number of nitrogen functional groups attached to an aromatic ring is 1. The number of carbonyl (C=O) groups excluding carboxylic acids is 2. The van der Waals surface area contributed by atoms with Crippen LogP contribution in [0.4, 0.5) is 5.69 Å². The first-order valence-electron chi connectivity index (χ1n) is 5.14. The Morgan fingerprint density at radius 3 is 2.26 bits per heavy atom.